The lowest BCUT2D eigenvalue weighted by molar-refractivity contribution is -0.118. The molecule has 0 aliphatic heterocycles. The molecule has 0 bridgehead atoms. The smallest absolute Gasteiger partial charge is 0.216 e. The third-order valence-corrected chi connectivity index (χ3v) is 3.10. The highest BCUT2D eigenvalue weighted by Crippen LogP contribution is 2.20. The number of nitrogens with one attached hydrogen (secondary N) is 1. The van der Waals surface area contributed by atoms with Crippen LogP contribution in [0.2, 0.25) is 0 Å². The van der Waals surface area contributed by atoms with Gasteiger partial charge in [0.2, 0.25) is 5.91 Å². The van der Waals surface area contributed by atoms with E-state index in [9.17, 15) is 4.79 Å². The zero-order valence-corrected chi connectivity index (χ0v) is 12.5. The number of amides is 1. The maximum absolute atomic E-state index is 10.6. The lowest BCUT2D eigenvalue weighted by Gasteiger charge is -2.21. The molecule has 108 valence electrons. The van der Waals surface area contributed by atoms with Crippen molar-refractivity contribution >= 4 is 5.91 Å². The number of ether oxygens (including phenoxy) is 1. The first-order valence-electron chi connectivity index (χ1n) is 7.65. The predicted molar refractivity (Wildman–Crippen MR) is 76.7 cm³/mol. The standard InChI is InChI=1S/C13H25NO2.C2H6/c1-12(15)14-10-6-3-7-11-16-13-8-4-2-5-9-13;1-2/h13H,2-11H2,1H3,(H,14,15);1-2H3. The first-order chi connectivity index (χ1) is 8.79. The Kier molecular flexibility index (Phi) is 12.5. The molecule has 1 fully saturated rings. The van der Waals surface area contributed by atoms with Crippen molar-refractivity contribution in [1.82, 2.24) is 5.32 Å². The molecule has 0 unspecified atom stereocenters. The fourth-order valence-corrected chi connectivity index (χ4v) is 2.15. The summed E-state index contributed by atoms with van der Waals surface area (Å²) in [6.07, 6.45) is 10.4. The van der Waals surface area contributed by atoms with E-state index in [0.29, 0.717) is 6.10 Å². The van der Waals surface area contributed by atoms with E-state index in [2.05, 4.69) is 5.32 Å². The number of carbonyl (C=O) groups excluding carboxylic acids is 1. The second kappa shape index (κ2) is 12.9. The van der Waals surface area contributed by atoms with Gasteiger partial charge in [0.1, 0.15) is 0 Å². The summed E-state index contributed by atoms with van der Waals surface area (Å²) < 4.78 is 5.82. The topological polar surface area (TPSA) is 38.3 Å². The van der Waals surface area contributed by atoms with Gasteiger partial charge in [0.05, 0.1) is 6.10 Å². The summed E-state index contributed by atoms with van der Waals surface area (Å²) in [5, 5.41) is 2.81. The first kappa shape index (κ1) is 17.4. The number of hydrogen-bond donors (Lipinski definition) is 1. The molecular formula is C15H31NO2. The Morgan fingerprint density at radius 1 is 1.11 bits per heavy atom. The van der Waals surface area contributed by atoms with Crippen LogP contribution in [0.3, 0.4) is 0 Å². The van der Waals surface area contributed by atoms with Crippen LogP contribution in [-0.2, 0) is 9.53 Å². The van der Waals surface area contributed by atoms with Crippen LogP contribution in [0.15, 0.2) is 0 Å². The van der Waals surface area contributed by atoms with Gasteiger partial charge in [-0.15, -0.1) is 0 Å². The van der Waals surface area contributed by atoms with Crippen LogP contribution in [-0.4, -0.2) is 25.2 Å². The normalized spacial score (nSPS) is 15.7. The number of unbranched alkanes of at least 4 members (excludes halogenated alkanes) is 2. The third-order valence-electron chi connectivity index (χ3n) is 3.10. The fraction of sp³-hybridized carbons (Fsp3) is 0.933. The molecule has 3 nitrogen and oxygen atoms in total. The molecule has 0 aromatic rings. The van der Waals surface area contributed by atoms with E-state index in [1.165, 1.54) is 32.1 Å². The van der Waals surface area contributed by atoms with Gasteiger partial charge in [-0.1, -0.05) is 33.1 Å². The lowest BCUT2D eigenvalue weighted by Crippen LogP contribution is -2.21. The second-order valence-electron chi connectivity index (χ2n) is 4.67. The highest BCUT2D eigenvalue weighted by atomic mass is 16.5. The van der Waals surface area contributed by atoms with Gasteiger partial charge in [0, 0.05) is 20.1 Å². The Labute approximate surface area is 113 Å². The van der Waals surface area contributed by atoms with E-state index in [4.69, 9.17) is 4.74 Å². The zero-order chi connectivity index (χ0) is 13.6. The van der Waals surface area contributed by atoms with Gasteiger partial charge in [-0.3, -0.25) is 4.79 Å². The van der Waals surface area contributed by atoms with Crippen molar-refractivity contribution in [2.24, 2.45) is 0 Å². The van der Waals surface area contributed by atoms with Gasteiger partial charge in [-0.05, 0) is 32.1 Å². The van der Waals surface area contributed by atoms with Crippen LogP contribution >= 0.6 is 0 Å². The average molecular weight is 257 g/mol. The molecule has 1 aliphatic rings. The maximum Gasteiger partial charge on any atom is 0.216 e. The van der Waals surface area contributed by atoms with Crippen LogP contribution in [0.5, 0.6) is 0 Å². The lowest BCUT2D eigenvalue weighted by atomic mass is 9.98. The number of carbonyl (C=O) groups is 1. The van der Waals surface area contributed by atoms with Gasteiger partial charge in [-0.2, -0.15) is 0 Å². The summed E-state index contributed by atoms with van der Waals surface area (Å²) in [7, 11) is 0. The van der Waals surface area contributed by atoms with E-state index in [1.807, 2.05) is 13.8 Å². The van der Waals surface area contributed by atoms with Crippen LogP contribution in [0.1, 0.15) is 72.1 Å². The minimum atomic E-state index is 0.0680. The molecule has 0 aromatic carbocycles. The summed E-state index contributed by atoms with van der Waals surface area (Å²) >= 11 is 0. The molecule has 0 aromatic heterocycles. The van der Waals surface area contributed by atoms with Crippen LogP contribution < -0.4 is 5.32 Å². The minimum absolute atomic E-state index is 0.0680. The number of rotatable bonds is 7. The van der Waals surface area contributed by atoms with E-state index in [1.54, 1.807) is 6.92 Å². The van der Waals surface area contributed by atoms with Gasteiger partial charge in [0.15, 0.2) is 0 Å². The highest BCUT2D eigenvalue weighted by Gasteiger charge is 2.12. The van der Waals surface area contributed by atoms with E-state index < -0.39 is 0 Å². The molecule has 0 spiro atoms. The molecule has 1 aliphatic carbocycles. The zero-order valence-electron chi connectivity index (χ0n) is 12.5. The van der Waals surface area contributed by atoms with Gasteiger partial charge in [-0.25, -0.2) is 0 Å². The van der Waals surface area contributed by atoms with Gasteiger partial charge < -0.3 is 10.1 Å². The molecule has 0 radical (unpaired) electrons. The van der Waals surface area contributed by atoms with Crippen LogP contribution in [0, 0.1) is 0 Å². The molecule has 0 heterocycles. The van der Waals surface area contributed by atoms with E-state index in [-0.39, 0.29) is 5.91 Å². The fourth-order valence-electron chi connectivity index (χ4n) is 2.15. The minimum Gasteiger partial charge on any atom is -0.378 e. The maximum atomic E-state index is 10.6. The molecule has 0 atom stereocenters. The summed E-state index contributed by atoms with van der Waals surface area (Å²) in [4.78, 5) is 10.6. The Morgan fingerprint density at radius 3 is 2.39 bits per heavy atom. The predicted octanol–water partition coefficient (Wildman–Crippen LogP) is 3.67. The van der Waals surface area contributed by atoms with Crippen molar-refractivity contribution in [3.63, 3.8) is 0 Å². The van der Waals surface area contributed by atoms with Gasteiger partial charge >= 0.3 is 0 Å². The summed E-state index contributed by atoms with van der Waals surface area (Å²) in [6.45, 7) is 7.26. The molecule has 0 saturated heterocycles. The molecule has 1 amide bonds. The molecule has 1 rings (SSSR count). The summed E-state index contributed by atoms with van der Waals surface area (Å²) in [6, 6.07) is 0. The average Bonchev–Trinajstić information content (AvgIpc) is 2.41. The Morgan fingerprint density at radius 2 is 1.78 bits per heavy atom. The van der Waals surface area contributed by atoms with Crippen molar-refractivity contribution in [1.29, 1.82) is 0 Å². The quantitative estimate of drug-likeness (QED) is 0.707. The molecule has 3 heteroatoms. The summed E-state index contributed by atoms with van der Waals surface area (Å²) in [5.74, 6) is 0.0680. The van der Waals surface area contributed by atoms with Crippen molar-refractivity contribution in [2.45, 2.75) is 78.2 Å². The van der Waals surface area contributed by atoms with Crippen LogP contribution in [0.25, 0.3) is 0 Å². The Balaban J connectivity index is 0.00000137. The van der Waals surface area contributed by atoms with Crippen molar-refractivity contribution in [3.05, 3.63) is 0 Å². The van der Waals surface area contributed by atoms with Crippen molar-refractivity contribution in [2.75, 3.05) is 13.2 Å². The second-order valence-corrected chi connectivity index (χ2v) is 4.67. The van der Waals surface area contributed by atoms with Crippen molar-refractivity contribution < 1.29 is 9.53 Å². The van der Waals surface area contributed by atoms with Gasteiger partial charge in [0.25, 0.3) is 0 Å². The monoisotopic (exact) mass is 257 g/mol. The molecule has 1 N–H and O–H groups in total. The van der Waals surface area contributed by atoms with Crippen LogP contribution in [0.4, 0.5) is 0 Å². The third kappa shape index (κ3) is 10.6. The Hall–Kier alpha value is -0.570. The van der Waals surface area contributed by atoms with E-state index >= 15 is 0 Å². The highest BCUT2D eigenvalue weighted by molar-refractivity contribution is 5.72. The van der Waals surface area contributed by atoms with E-state index in [0.717, 1.165) is 32.4 Å². The molecule has 18 heavy (non-hydrogen) atoms. The first-order valence-corrected chi connectivity index (χ1v) is 7.65. The largest absolute Gasteiger partial charge is 0.378 e. The SMILES string of the molecule is CC.CC(=O)NCCCCCOC1CCCCC1. The van der Waals surface area contributed by atoms with Crippen molar-refractivity contribution in [3.8, 4) is 0 Å². The Bertz CT molecular complexity index is 189. The molecule has 1 saturated carbocycles. The molecular weight excluding hydrogens is 226 g/mol. The summed E-state index contributed by atoms with van der Waals surface area (Å²) in [5.41, 5.74) is 0. The number of hydrogen-bond acceptors (Lipinski definition) is 2.